The van der Waals surface area contributed by atoms with E-state index in [9.17, 15) is 9.59 Å². The Morgan fingerprint density at radius 2 is 1.69 bits per heavy atom. The molecule has 1 fully saturated rings. The Hall–Kier alpha value is -2.56. The van der Waals surface area contributed by atoms with Crippen molar-refractivity contribution < 1.29 is 14.3 Å². The first kappa shape index (κ1) is 31.5. The lowest BCUT2D eigenvalue weighted by molar-refractivity contribution is -0.127. The molecule has 0 aliphatic carbocycles. The van der Waals surface area contributed by atoms with Crippen molar-refractivity contribution >= 4 is 54.7 Å². The van der Waals surface area contributed by atoms with Crippen LogP contribution in [0.3, 0.4) is 0 Å². The number of nitrogens with zero attached hydrogens (tertiary/aromatic N) is 3. The maximum atomic E-state index is 12.6. The summed E-state index contributed by atoms with van der Waals surface area (Å²) >= 11 is 0. The van der Waals surface area contributed by atoms with Crippen LogP contribution in [-0.4, -0.2) is 52.4 Å². The third-order valence-electron chi connectivity index (χ3n) is 5.47. The summed E-state index contributed by atoms with van der Waals surface area (Å²) in [6.45, 7) is 3.79. The first-order valence-corrected chi connectivity index (χ1v) is 11.3. The van der Waals surface area contributed by atoms with Gasteiger partial charge in [-0.2, -0.15) is 0 Å². The summed E-state index contributed by atoms with van der Waals surface area (Å²) < 4.78 is 8.06. The predicted octanol–water partition coefficient (Wildman–Crippen LogP) is 3.21. The van der Waals surface area contributed by atoms with Gasteiger partial charge in [-0.25, -0.2) is 15.4 Å². The quantitative estimate of drug-likeness (QED) is 0.348. The maximum Gasteiger partial charge on any atom is 0.242 e. The van der Waals surface area contributed by atoms with Crippen molar-refractivity contribution in [2.75, 3.05) is 26.2 Å². The number of carbonyl (C=O) groups is 2. The molecular weight excluding hydrogens is 527 g/mol. The Kier molecular flexibility index (Phi) is 13.6. The van der Waals surface area contributed by atoms with Gasteiger partial charge in [0, 0.05) is 31.0 Å². The fraction of sp³-hybridized carbons (Fsp3) is 0.375. The van der Waals surface area contributed by atoms with Crippen molar-refractivity contribution in [3.63, 3.8) is 0 Å². The van der Waals surface area contributed by atoms with Crippen LogP contribution in [0.15, 0.2) is 54.9 Å². The Morgan fingerprint density at radius 1 is 0.972 bits per heavy atom. The molecule has 198 valence electrons. The topological polar surface area (TPSA) is 100 Å². The molecule has 3 N–H and O–H groups in total. The van der Waals surface area contributed by atoms with Gasteiger partial charge in [0.1, 0.15) is 0 Å². The van der Waals surface area contributed by atoms with E-state index < -0.39 is 6.23 Å². The van der Waals surface area contributed by atoms with E-state index in [1.165, 1.54) is 6.42 Å². The third-order valence-corrected chi connectivity index (χ3v) is 5.47. The number of amides is 2. The number of rotatable bonds is 9. The van der Waals surface area contributed by atoms with Gasteiger partial charge in [-0.05, 0) is 31.9 Å². The van der Waals surface area contributed by atoms with Gasteiger partial charge in [0.15, 0.2) is 17.6 Å². The number of hydrazine groups is 1. The zero-order valence-electron chi connectivity index (χ0n) is 20.0. The van der Waals surface area contributed by atoms with Gasteiger partial charge < -0.3 is 19.8 Å². The van der Waals surface area contributed by atoms with Crippen molar-refractivity contribution in [3.8, 4) is 5.75 Å². The summed E-state index contributed by atoms with van der Waals surface area (Å²) in [4.78, 5) is 29.3. The molecule has 0 radical (unpaired) electrons. The molecule has 1 aliphatic heterocycles. The van der Waals surface area contributed by atoms with Gasteiger partial charge in [-0.1, -0.05) is 36.8 Å². The van der Waals surface area contributed by atoms with E-state index in [0.717, 1.165) is 37.2 Å². The average Bonchev–Trinajstić information content (AvgIpc) is 3.23. The number of ether oxygens (including phenoxy) is 1. The summed E-state index contributed by atoms with van der Waals surface area (Å²) in [6.07, 6.45) is 6.56. The normalized spacial score (nSPS) is 13.9. The predicted molar refractivity (Wildman–Crippen MR) is 146 cm³/mol. The standard InChI is InChI=1S/C24H30N6O3.3ClH/c1-18-17-29-12-8-11-20(23(29)27-18)33-24(19-9-4-2-5-10-19)28-22(32)15-25-21(31)16-26-30-13-6-3-7-14-30;;;/h2,4-5,8-12,17,24,26H,3,6-7,13-16H2,1H3,(H,25,31)(H,28,32);3*1H. The minimum atomic E-state index is -0.731. The Labute approximate surface area is 229 Å². The fourth-order valence-corrected chi connectivity index (χ4v) is 3.81. The van der Waals surface area contributed by atoms with Crippen LogP contribution in [0.5, 0.6) is 5.75 Å². The van der Waals surface area contributed by atoms with Gasteiger partial charge in [0.2, 0.25) is 11.8 Å². The monoisotopic (exact) mass is 558 g/mol. The molecule has 3 aromatic rings. The van der Waals surface area contributed by atoms with Crippen molar-refractivity contribution in [2.45, 2.75) is 32.4 Å². The number of aryl methyl sites for hydroxylation is 1. The molecule has 12 heteroatoms. The van der Waals surface area contributed by atoms with E-state index in [4.69, 9.17) is 4.74 Å². The van der Waals surface area contributed by atoms with Crippen LogP contribution in [0.1, 0.15) is 36.7 Å². The van der Waals surface area contributed by atoms with Crippen molar-refractivity contribution in [3.05, 3.63) is 66.1 Å². The lowest BCUT2D eigenvalue weighted by Crippen LogP contribution is -2.48. The molecule has 3 heterocycles. The Morgan fingerprint density at radius 3 is 2.42 bits per heavy atom. The molecule has 1 aromatic carbocycles. The third kappa shape index (κ3) is 8.83. The minimum absolute atomic E-state index is 0. The second kappa shape index (κ2) is 15.5. The lowest BCUT2D eigenvalue weighted by Gasteiger charge is -2.26. The first-order chi connectivity index (χ1) is 16.1. The number of hydrogen-bond donors (Lipinski definition) is 3. The van der Waals surface area contributed by atoms with Crippen molar-refractivity contribution in [2.24, 2.45) is 0 Å². The zero-order chi connectivity index (χ0) is 23.0. The highest BCUT2D eigenvalue weighted by Gasteiger charge is 2.19. The molecule has 4 rings (SSSR count). The maximum absolute atomic E-state index is 12.6. The molecule has 0 spiro atoms. The second-order valence-corrected chi connectivity index (χ2v) is 8.12. The van der Waals surface area contributed by atoms with E-state index in [2.05, 4.69) is 26.1 Å². The summed E-state index contributed by atoms with van der Waals surface area (Å²) in [5.74, 6) is -0.0262. The van der Waals surface area contributed by atoms with Gasteiger partial charge >= 0.3 is 0 Å². The molecule has 1 saturated heterocycles. The molecular formula is C24H33Cl3N6O3. The highest BCUT2D eigenvalue weighted by atomic mass is 35.5. The lowest BCUT2D eigenvalue weighted by atomic mass is 10.2. The molecule has 1 atom stereocenters. The van der Waals surface area contributed by atoms with Crippen molar-refractivity contribution in [1.29, 1.82) is 0 Å². The van der Waals surface area contributed by atoms with E-state index in [1.54, 1.807) is 0 Å². The van der Waals surface area contributed by atoms with E-state index >= 15 is 0 Å². The fourth-order valence-electron chi connectivity index (χ4n) is 3.81. The summed E-state index contributed by atoms with van der Waals surface area (Å²) in [7, 11) is 0. The van der Waals surface area contributed by atoms with Gasteiger partial charge in [-0.15, -0.1) is 37.2 Å². The smallest absolute Gasteiger partial charge is 0.242 e. The number of benzene rings is 1. The summed E-state index contributed by atoms with van der Waals surface area (Å²) in [5, 5.41) is 7.59. The van der Waals surface area contributed by atoms with Crippen LogP contribution in [0.25, 0.3) is 5.65 Å². The number of carbonyl (C=O) groups excluding carboxylic acids is 2. The number of halogens is 3. The SMILES string of the molecule is Cc1cn2cccc(OC(NC(=O)CNC(=O)CNN3CCCCC3)c3ccccc3)c2n1.Cl.Cl.Cl. The van der Waals surface area contributed by atoms with Crippen LogP contribution in [0.2, 0.25) is 0 Å². The molecule has 9 nitrogen and oxygen atoms in total. The Balaban J connectivity index is 0.00000216. The highest BCUT2D eigenvalue weighted by Crippen LogP contribution is 2.24. The number of piperidine rings is 1. The molecule has 2 amide bonds. The molecule has 0 bridgehead atoms. The van der Waals surface area contributed by atoms with Crippen LogP contribution < -0.4 is 20.8 Å². The number of aromatic nitrogens is 2. The van der Waals surface area contributed by atoms with E-state index in [-0.39, 0.29) is 62.1 Å². The second-order valence-electron chi connectivity index (χ2n) is 8.12. The van der Waals surface area contributed by atoms with Crippen LogP contribution in [0, 0.1) is 6.92 Å². The molecule has 0 saturated carbocycles. The molecule has 1 unspecified atom stereocenters. The van der Waals surface area contributed by atoms with Crippen LogP contribution >= 0.6 is 37.2 Å². The van der Waals surface area contributed by atoms with Crippen LogP contribution in [-0.2, 0) is 9.59 Å². The van der Waals surface area contributed by atoms with Crippen LogP contribution in [0.4, 0.5) is 0 Å². The van der Waals surface area contributed by atoms with E-state index in [0.29, 0.717) is 11.4 Å². The number of nitrogens with one attached hydrogen (secondary N) is 3. The first-order valence-electron chi connectivity index (χ1n) is 11.3. The van der Waals surface area contributed by atoms with Gasteiger partial charge in [0.25, 0.3) is 0 Å². The Bertz CT molecular complexity index is 1090. The van der Waals surface area contributed by atoms with E-state index in [1.807, 2.05) is 66.2 Å². The summed E-state index contributed by atoms with van der Waals surface area (Å²) in [5.41, 5.74) is 5.44. The number of pyridine rings is 1. The molecule has 1 aliphatic rings. The van der Waals surface area contributed by atoms with Gasteiger partial charge in [0.05, 0.1) is 18.8 Å². The molecule has 36 heavy (non-hydrogen) atoms. The number of imidazole rings is 1. The average molecular weight is 560 g/mol. The zero-order valence-corrected chi connectivity index (χ0v) is 22.5. The number of hydrogen-bond acceptors (Lipinski definition) is 6. The van der Waals surface area contributed by atoms with Gasteiger partial charge in [-0.3, -0.25) is 9.59 Å². The molecule has 2 aromatic heterocycles. The largest absolute Gasteiger partial charge is 0.462 e. The summed E-state index contributed by atoms with van der Waals surface area (Å²) in [6, 6.07) is 13.1. The number of fused-ring (bicyclic) bond motifs is 1. The minimum Gasteiger partial charge on any atom is -0.462 e. The van der Waals surface area contributed by atoms with Crippen molar-refractivity contribution in [1.82, 2.24) is 30.5 Å². The highest BCUT2D eigenvalue weighted by molar-refractivity contribution is 5.86.